The lowest BCUT2D eigenvalue weighted by atomic mass is 10.1. The van der Waals surface area contributed by atoms with E-state index in [-0.39, 0.29) is 5.52 Å². The zero-order chi connectivity index (χ0) is 18.2. The summed E-state index contributed by atoms with van der Waals surface area (Å²) in [7, 11) is -1.06. The monoisotopic (exact) mass is 348 g/mol. The van der Waals surface area contributed by atoms with Crippen LogP contribution in [0.4, 0.5) is 0 Å². The van der Waals surface area contributed by atoms with Gasteiger partial charge in [0.15, 0.2) is 5.52 Å². The Bertz CT molecular complexity index is 759. The molecule has 0 unspecified atom stereocenters. The number of rotatable bonds is 6. The van der Waals surface area contributed by atoms with Gasteiger partial charge in [-0.2, -0.15) is 0 Å². The van der Waals surface area contributed by atoms with E-state index in [1.807, 2.05) is 63.2 Å². The van der Waals surface area contributed by atoms with E-state index in [4.69, 9.17) is 0 Å². The van der Waals surface area contributed by atoms with Gasteiger partial charge >= 0.3 is 0 Å². The smallest absolute Gasteiger partial charge is 0.189 e. The van der Waals surface area contributed by atoms with Gasteiger partial charge in [-0.25, -0.2) is 0 Å². The zero-order valence-corrected chi connectivity index (χ0v) is 16.3. The molecule has 0 N–H and O–H groups in total. The van der Waals surface area contributed by atoms with Gasteiger partial charge in [0.25, 0.3) is 0 Å². The van der Waals surface area contributed by atoms with Crippen LogP contribution in [0.2, 0.25) is 0 Å². The van der Waals surface area contributed by atoms with Crippen molar-refractivity contribution in [3.05, 3.63) is 95.6 Å². The van der Waals surface area contributed by atoms with Crippen molar-refractivity contribution in [3.63, 3.8) is 0 Å². The summed E-state index contributed by atoms with van der Waals surface area (Å²) in [4.78, 5) is 13.3. The van der Waals surface area contributed by atoms with Crippen LogP contribution < -0.4 is 10.6 Å². The van der Waals surface area contributed by atoms with Crippen LogP contribution in [0.3, 0.4) is 0 Å². The van der Waals surface area contributed by atoms with E-state index in [1.165, 1.54) is 0 Å². The summed E-state index contributed by atoms with van der Waals surface area (Å²) in [6, 6.07) is 20.2. The van der Waals surface area contributed by atoms with Crippen molar-refractivity contribution >= 4 is 24.1 Å². The molecule has 0 bridgehead atoms. The second-order valence-corrected chi connectivity index (χ2v) is 8.12. The maximum absolute atomic E-state index is 13.3. The predicted molar refractivity (Wildman–Crippen MR) is 111 cm³/mol. The number of benzene rings is 2. The highest BCUT2D eigenvalue weighted by Crippen LogP contribution is 2.38. The summed E-state index contributed by atoms with van der Waals surface area (Å²) >= 11 is 0. The quantitative estimate of drug-likeness (QED) is 0.382. The molecule has 0 aliphatic rings. The molecule has 0 saturated carbocycles. The SMILES string of the molecule is CC=C/C(C)=C\C(C)=C(/C)C(=O)P(c1ccccc1)c1ccccc1. The topological polar surface area (TPSA) is 17.1 Å². The van der Waals surface area contributed by atoms with Crippen molar-refractivity contribution in [2.75, 3.05) is 0 Å². The third-order valence-electron chi connectivity index (χ3n) is 4.02. The van der Waals surface area contributed by atoms with Crippen LogP contribution in [-0.4, -0.2) is 5.52 Å². The molecule has 0 heterocycles. The van der Waals surface area contributed by atoms with E-state index in [2.05, 4.69) is 43.3 Å². The fourth-order valence-electron chi connectivity index (χ4n) is 2.63. The van der Waals surface area contributed by atoms with Gasteiger partial charge in [0.2, 0.25) is 0 Å². The highest BCUT2D eigenvalue weighted by molar-refractivity contribution is 7.88. The van der Waals surface area contributed by atoms with Gasteiger partial charge in [-0.15, -0.1) is 0 Å². The van der Waals surface area contributed by atoms with Gasteiger partial charge in [0.1, 0.15) is 0 Å². The van der Waals surface area contributed by atoms with Gasteiger partial charge in [0.05, 0.1) is 0 Å². The van der Waals surface area contributed by atoms with Crippen molar-refractivity contribution in [2.45, 2.75) is 27.7 Å². The molecule has 0 atom stereocenters. The van der Waals surface area contributed by atoms with Crippen LogP contribution >= 0.6 is 7.92 Å². The molecular weight excluding hydrogens is 323 g/mol. The van der Waals surface area contributed by atoms with E-state index in [1.54, 1.807) is 0 Å². The molecule has 2 heteroatoms. The van der Waals surface area contributed by atoms with Crippen molar-refractivity contribution in [2.24, 2.45) is 0 Å². The van der Waals surface area contributed by atoms with Crippen LogP contribution in [-0.2, 0) is 4.79 Å². The number of allylic oxidation sites excluding steroid dienone is 6. The van der Waals surface area contributed by atoms with Crippen molar-refractivity contribution in [1.29, 1.82) is 0 Å². The third kappa shape index (κ3) is 5.11. The molecule has 128 valence electrons. The third-order valence-corrected chi connectivity index (χ3v) is 6.39. The second kappa shape index (κ2) is 9.30. The van der Waals surface area contributed by atoms with Gasteiger partial charge in [-0.1, -0.05) is 84.5 Å². The molecule has 0 spiro atoms. The molecule has 2 aromatic rings. The Labute approximate surface area is 152 Å². The number of hydrogen-bond donors (Lipinski definition) is 0. The fraction of sp³-hybridized carbons (Fsp3) is 0.174. The maximum atomic E-state index is 13.3. The van der Waals surface area contributed by atoms with Crippen LogP contribution in [0.1, 0.15) is 27.7 Å². The summed E-state index contributed by atoms with van der Waals surface area (Å²) in [6.07, 6.45) is 6.15. The molecular formula is C23H25OP. The fourth-order valence-corrected chi connectivity index (χ4v) is 4.85. The molecule has 0 radical (unpaired) electrons. The maximum Gasteiger partial charge on any atom is 0.189 e. The summed E-state index contributed by atoms with van der Waals surface area (Å²) in [6.45, 7) is 8.01. The summed E-state index contributed by atoms with van der Waals surface area (Å²) in [5, 5.41) is 2.19. The standard InChI is InChI=1S/C23H25OP/c1-5-12-18(2)17-19(3)20(4)23(24)25(21-13-8-6-9-14-21)22-15-10-7-11-16-22/h5-17H,1-4H3/b12-5?,18-17-,20-19+. The van der Waals surface area contributed by atoms with Crippen molar-refractivity contribution in [3.8, 4) is 0 Å². The van der Waals surface area contributed by atoms with Crippen LogP contribution in [0.5, 0.6) is 0 Å². The summed E-state index contributed by atoms with van der Waals surface area (Å²) in [5.74, 6) is 0. The second-order valence-electron chi connectivity index (χ2n) is 6.01. The van der Waals surface area contributed by atoms with Crippen LogP contribution in [0, 0.1) is 0 Å². The van der Waals surface area contributed by atoms with Crippen LogP contribution in [0.15, 0.2) is 95.6 Å². The Hall–Kier alpha value is -2.24. The molecule has 0 aliphatic carbocycles. The molecule has 1 nitrogen and oxygen atoms in total. The number of carbonyl (C=O) groups excluding carboxylic acids is 1. The van der Waals surface area contributed by atoms with E-state index < -0.39 is 7.92 Å². The zero-order valence-electron chi connectivity index (χ0n) is 15.4. The van der Waals surface area contributed by atoms with E-state index in [9.17, 15) is 4.79 Å². The summed E-state index contributed by atoms with van der Waals surface area (Å²) in [5.41, 5.74) is 3.23. The lowest BCUT2D eigenvalue weighted by Gasteiger charge is -2.18. The minimum absolute atomic E-state index is 0.217. The lowest BCUT2D eigenvalue weighted by molar-refractivity contribution is -0.108. The highest BCUT2D eigenvalue weighted by Gasteiger charge is 2.24. The number of carbonyl (C=O) groups is 1. The number of hydrogen-bond acceptors (Lipinski definition) is 1. The van der Waals surface area contributed by atoms with Gasteiger partial charge < -0.3 is 0 Å². The first-order chi connectivity index (χ1) is 12.0. The molecule has 0 fully saturated rings. The minimum Gasteiger partial charge on any atom is -0.289 e. The highest BCUT2D eigenvalue weighted by atomic mass is 31.1. The average molecular weight is 348 g/mol. The predicted octanol–water partition coefficient (Wildman–Crippen LogP) is 5.50. The largest absolute Gasteiger partial charge is 0.289 e. The van der Waals surface area contributed by atoms with Gasteiger partial charge in [-0.05, 0) is 43.9 Å². The molecule has 25 heavy (non-hydrogen) atoms. The van der Waals surface area contributed by atoms with Gasteiger partial charge in [-0.3, -0.25) is 4.79 Å². The molecule has 0 aromatic heterocycles. The first kappa shape index (κ1) is 19.1. The van der Waals surface area contributed by atoms with Crippen molar-refractivity contribution in [1.82, 2.24) is 0 Å². The van der Waals surface area contributed by atoms with Gasteiger partial charge in [0, 0.05) is 13.5 Å². The Morgan fingerprint density at radius 1 is 0.840 bits per heavy atom. The molecule has 0 saturated heterocycles. The van der Waals surface area contributed by atoms with E-state index in [0.717, 1.165) is 27.3 Å². The van der Waals surface area contributed by atoms with E-state index >= 15 is 0 Å². The minimum atomic E-state index is -1.06. The van der Waals surface area contributed by atoms with Crippen molar-refractivity contribution < 1.29 is 4.79 Å². The molecule has 0 aliphatic heterocycles. The Morgan fingerprint density at radius 3 is 1.76 bits per heavy atom. The Morgan fingerprint density at radius 2 is 1.32 bits per heavy atom. The molecule has 2 aromatic carbocycles. The van der Waals surface area contributed by atoms with E-state index in [0.29, 0.717) is 0 Å². The summed E-state index contributed by atoms with van der Waals surface area (Å²) < 4.78 is 0. The Kier molecular flexibility index (Phi) is 7.10. The normalized spacial score (nSPS) is 13.2. The average Bonchev–Trinajstić information content (AvgIpc) is 2.63. The molecule has 0 amide bonds. The first-order valence-electron chi connectivity index (χ1n) is 8.47. The molecule has 2 rings (SSSR count). The lowest BCUT2D eigenvalue weighted by Crippen LogP contribution is -2.19. The Balaban J connectivity index is 2.48. The first-order valence-corrected chi connectivity index (χ1v) is 9.81. The van der Waals surface area contributed by atoms with Crippen LogP contribution in [0.25, 0.3) is 0 Å².